The SMILES string of the molecule is CCN(CC)c1ccc(C(O)C(O)CN)cc1. The van der Waals surface area contributed by atoms with Crippen LogP contribution in [0.3, 0.4) is 0 Å². The van der Waals surface area contributed by atoms with E-state index in [2.05, 4.69) is 18.7 Å². The molecule has 0 aliphatic rings. The zero-order valence-corrected chi connectivity index (χ0v) is 10.5. The van der Waals surface area contributed by atoms with Gasteiger partial charge in [-0.3, -0.25) is 0 Å². The van der Waals surface area contributed by atoms with Gasteiger partial charge in [0.2, 0.25) is 0 Å². The summed E-state index contributed by atoms with van der Waals surface area (Å²) in [6.07, 6.45) is -1.82. The summed E-state index contributed by atoms with van der Waals surface area (Å²) < 4.78 is 0. The first-order chi connectivity index (χ1) is 8.13. The lowest BCUT2D eigenvalue weighted by Gasteiger charge is -2.22. The van der Waals surface area contributed by atoms with Gasteiger partial charge in [-0.2, -0.15) is 0 Å². The number of nitrogens with two attached hydrogens (primary N) is 1. The molecule has 0 aromatic heterocycles. The zero-order chi connectivity index (χ0) is 12.8. The second kappa shape index (κ2) is 6.59. The predicted octanol–water partition coefficient (Wildman–Crippen LogP) is 0.886. The number of rotatable bonds is 6. The Morgan fingerprint density at radius 2 is 1.65 bits per heavy atom. The first-order valence-electron chi connectivity index (χ1n) is 6.05. The molecule has 4 nitrogen and oxygen atoms in total. The average Bonchev–Trinajstić information content (AvgIpc) is 2.39. The molecule has 0 aliphatic heterocycles. The van der Waals surface area contributed by atoms with Crippen molar-refractivity contribution in [3.8, 4) is 0 Å². The topological polar surface area (TPSA) is 69.7 Å². The normalized spacial score (nSPS) is 14.4. The van der Waals surface area contributed by atoms with Crippen LogP contribution in [0.2, 0.25) is 0 Å². The van der Waals surface area contributed by atoms with E-state index in [4.69, 9.17) is 5.73 Å². The van der Waals surface area contributed by atoms with Gasteiger partial charge in [0.05, 0.1) is 6.10 Å². The summed E-state index contributed by atoms with van der Waals surface area (Å²) in [5, 5.41) is 19.3. The van der Waals surface area contributed by atoms with Gasteiger partial charge >= 0.3 is 0 Å². The molecule has 0 spiro atoms. The summed E-state index contributed by atoms with van der Waals surface area (Å²) in [5.41, 5.74) is 7.13. The van der Waals surface area contributed by atoms with E-state index in [1.807, 2.05) is 24.3 Å². The van der Waals surface area contributed by atoms with Crippen LogP contribution in [0.15, 0.2) is 24.3 Å². The van der Waals surface area contributed by atoms with E-state index in [-0.39, 0.29) is 6.54 Å². The number of nitrogens with zero attached hydrogens (tertiary/aromatic N) is 1. The lowest BCUT2D eigenvalue weighted by Crippen LogP contribution is -2.27. The third kappa shape index (κ3) is 3.43. The molecule has 0 aliphatic carbocycles. The molecule has 96 valence electrons. The third-order valence-electron chi connectivity index (χ3n) is 2.97. The first kappa shape index (κ1) is 14.0. The van der Waals surface area contributed by atoms with Crippen molar-refractivity contribution in [2.75, 3.05) is 24.5 Å². The van der Waals surface area contributed by atoms with E-state index in [0.29, 0.717) is 5.56 Å². The van der Waals surface area contributed by atoms with Crippen molar-refractivity contribution >= 4 is 5.69 Å². The van der Waals surface area contributed by atoms with Crippen molar-refractivity contribution in [1.29, 1.82) is 0 Å². The smallest absolute Gasteiger partial charge is 0.106 e. The number of aliphatic hydroxyl groups is 2. The number of benzene rings is 1. The monoisotopic (exact) mass is 238 g/mol. The Morgan fingerprint density at radius 3 is 2.06 bits per heavy atom. The van der Waals surface area contributed by atoms with E-state index in [9.17, 15) is 10.2 Å². The molecule has 1 aromatic rings. The van der Waals surface area contributed by atoms with Crippen LogP contribution in [-0.4, -0.2) is 36.0 Å². The molecule has 17 heavy (non-hydrogen) atoms. The van der Waals surface area contributed by atoms with Crippen LogP contribution in [0.5, 0.6) is 0 Å². The fraction of sp³-hybridized carbons (Fsp3) is 0.538. The molecule has 0 saturated carbocycles. The molecule has 0 heterocycles. The Bertz CT molecular complexity index is 323. The molecule has 0 fully saturated rings. The number of hydrogen-bond donors (Lipinski definition) is 3. The lowest BCUT2D eigenvalue weighted by molar-refractivity contribution is 0.0243. The minimum absolute atomic E-state index is 0.0545. The molecule has 1 rings (SSSR count). The maximum absolute atomic E-state index is 9.79. The van der Waals surface area contributed by atoms with E-state index < -0.39 is 12.2 Å². The Morgan fingerprint density at radius 1 is 1.12 bits per heavy atom. The highest BCUT2D eigenvalue weighted by Gasteiger charge is 2.16. The second-order valence-corrected chi connectivity index (χ2v) is 4.01. The minimum atomic E-state index is -0.911. The molecule has 0 saturated heterocycles. The van der Waals surface area contributed by atoms with E-state index in [1.54, 1.807) is 0 Å². The molecule has 4 N–H and O–H groups in total. The van der Waals surface area contributed by atoms with Crippen LogP contribution < -0.4 is 10.6 Å². The van der Waals surface area contributed by atoms with Gasteiger partial charge in [-0.1, -0.05) is 12.1 Å². The third-order valence-corrected chi connectivity index (χ3v) is 2.97. The molecule has 0 radical (unpaired) electrons. The van der Waals surface area contributed by atoms with Crippen LogP contribution in [0.4, 0.5) is 5.69 Å². The minimum Gasteiger partial charge on any atom is -0.389 e. The van der Waals surface area contributed by atoms with Crippen LogP contribution in [0, 0.1) is 0 Å². The molecule has 4 heteroatoms. The van der Waals surface area contributed by atoms with Gasteiger partial charge in [-0.25, -0.2) is 0 Å². The standard InChI is InChI=1S/C13H22N2O2/c1-3-15(4-2)11-7-5-10(6-8-11)13(17)12(16)9-14/h5-8,12-13,16-17H,3-4,9,14H2,1-2H3. The quantitative estimate of drug-likeness (QED) is 0.688. The fourth-order valence-electron chi connectivity index (χ4n) is 1.82. The van der Waals surface area contributed by atoms with E-state index in [1.165, 1.54) is 0 Å². The van der Waals surface area contributed by atoms with Gasteiger partial charge in [-0.15, -0.1) is 0 Å². The summed E-state index contributed by atoms with van der Waals surface area (Å²) in [4.78, 5) is 2.22. The summed E-state index contributed by atoms with van der Waals surface area (Å²) in [6, 6.07) is 7.57. The molecule has 2 unspecified atom stereocenters. The molecule has 1 aromatic carbocycles. The van der Waals surface area contributed by atoms with E-state index in [0.717, 1.165) is 18.8 Å². The Hall–Kier alpha value is -1.10. The molecule has 0 bridgehead atoms. The van der Waals surface area contributed by atoms with E-state index >= 15 is 0 Å². The summed E-state index contributed by atoms with van der Waals surface area (Å²) in [5.74, 6) is 0. The van der Waals surface area contributed by atoms with Crippen molar-refractivity contribution in [2.24, 2.45) is 5.73 Å². The van der Waals surface area contributed by atoms with Gasteiger partial charge < -0.3 is 20.8 Å². The summed E-state index contributed by atoms with van der Waals surface area (Å²) >= 11 is 0. The van der Waals surface area contributed by atoms with Crippen LogP contribution >= 0.6 is 0 Å². The summed E-state index contributed by atoms with van der Waals surface area (Å²) in [6.45, 7) is 6.15. The van der Waals surface area contributed by atoms with Crippen molar-refractivity contribution in [2.45, 2.75) is 26.1 Å². The number of aliphatic hydroxyl groups excluding tert-OH is 2. The van der Waals surface area contributed by atoms with Crippen LogP contribution in [0.1, 0.15) is 25.5 Å². The highest BCUT2D eigenvalue weighted by molar-refractivity contribution is 5.47. The first-order valence-corrected chi connectivity index (χ1v) is 6.05. The molecule has 2 atom stereocenters. The van der Waals surface area contributed by atoms with Crippen molar-refractivity contribution in [3.63, 3.8) is 0 Å². The van der Waals surface area contributed by atoms with Crippen molar-refractivity contribution in [1.82, 2.24) is 0 Å². The summed E-state index contributed by atoms with van der Waals surface area (Å²) in [7, 11) is 0. The maximum atomic E-state index is 9.79. The molecular weight excluding hydrogens is 216 g/mol. The second-order valence-electron chi connectivity index (χ2n) is 4.01. The lowest BCUT2D eigenvalue weighted by atomic mass is 10.0. The Labute approximate surface area is 103 Å². The fourth-order valence-corrected chi connectivity index (χ4v) is 1.82. The number of hydrogen-bond acceptors (Lipinski definition) is 4. The molecule has 0 amide bonds. The Kier molecular flexibility index (Phi) is 5.41. The van der Waals surface area contributed by atoms with Crippen LogP contribution in [-0.2, 0) is 0 Å². The highest BCUT2D eigenvalue weighted by atomic mass is 16.3. The van der Waals surface area contributed by atoms with Crippen LogP contribution in [0.25, 0.3) is 0 Å². The van der Waals surface area contributed by atoms with Crippen molar-refractivity contribution < 1.29 is 10.2 Å². The van der Waals surface area contributed by atoms with Gasteiger partial charge in [0.1, 0.15) is 6.10 Å². The van der Waals surface area contributed by atoms with Gasteiger partial charge in [-0.05, 0) is 31.5 Å². The number of anilines is 1. The average molecular weight is 238 g/mol. The Balaban J connectivity index is 2.80. The maximum Gasteiger partial charge on any atom is 0.106 e. The zero-order valence-electron chi connectivity index (χ0n) is 10.5. The van der Waals surface area contributed by atoms with Crippen molar-refractivity contribution in [3.05, 3.63) is 29.8 Å². The molecular formula is C13H22N2O2. The predicted molar refractivity (Wildman–Crippen MR) is 70.0 cm³/mol. The van der Waals surface area contributed by atoms with Gasteiger partial charge in [0.25, 0.3) is 0 Å². The largest absolute Gasteiger partial charge is 0.389 e. The van der Waals surface area contributed by atoms with Gasteiger partial charge in [0, 0.05) is 25.3 Å². The highest BCUT2D eigenvalue weighted by Crippen LogP contribution is 2.21. The van der Waals surface area contributed by atoms with Gasteiger partial charge in [0.15, 0.2) is 0 Å².